The van der Waals surface area contributed by atoms with Crippen LogP contribution >= 0.6 is 11.6 Å². The Hall–Kier alpha value is -2.26. The van der Waals surface area contributed by atoms with Crippen LogP contribution in [-0.2, 0) is 4.79 Å². The molecule has 2 N–H and O–H groups in total. The maximum atomic E-state index is 11.0. The molecule has 0 aliphatic rings. The zero-order chi connectivity index (χ0) is 14.6. The predicted molar refractivity (Wildman–Crippen MR) is 71.3 cm³/mol. The van der Waals surface area contributed by atoms with Gasteiger partial charge in [-0.15, -0.1) is 12.3 Å². The maximum absolute atomic E-state index is 11.0. The largest absolute Gasteiger partial charge is 0.480 e. The van der Waals surface area contributed by atoms with Crippen LogP contribution in [0.5, 0.6) is 0 Å². The summed E-state index contributed by atoms with van der Waals surface area (Å²) in [7, 11) is 0. The van der Waals surface area contributed by atoms with Gasteiger partial charge in [-0.25, -0.2) is 4.79 Å². The van der Waals surface area contributed by atoms with Crippen LogP contribution in [-0.4, -0.2) is 22.0 Å². The van der Waals surface area contributed by atoms with Crippen LogP contribution in [0.4, 0.5) is 11.4 Å². The molecule has 1 atom stereocenters. The summed E-state index contributed by atoms with van der Waals surface area (Å²) in [6, 6.07) is 1.63. The Labute approximate surface area is 114 Å². The number of terminal acetylenes is 1. The number of nitrogens with one attached hydrogen (secondary N) is 1. The minimum atomic E-state index is -1.10. The highest BCUT2D eigenvalue weighted by Crippen LogP contribution is 2.30. The highest BCUT2D eigenvalue weighted by molar-refractivity contribution is 6.33. The topological polar surface area (TPSA) is 92.5 Å². The number of hydrogen-bond acceptors (Lipinski definition) is 4. The van der Waals surface area contributed by atoms with Crippen molar-refractivity contribution in [1.82, 2.24) is 0 Å². The van der Waals surface area contributed by atoms with Gasteiger partial charge in [0.15, 0.2) is 0 Å². The van der Waals surface area contributed by atoms with Gasteiger partial charge in [-0.2, -0.15) is 0 Å². The summed E-state index contributed by atoms with van der Waals surface area (Å²) in [4.78, 5) is 21.1. The number of carboxylic acids is 1. The van der Waals surface area contributed by atoms with Gasteiger partial charge in [0.05, 0.1) is 4.92 Å². The fourth-order valence-electron chi connectivity index (χ4n) is 1.47. The molecule has 19 heavy (non-hydrogen) atoms. The Morgan fingerprint density at radius 3 is 2.79 bits per heavy atom. The lowest BCUT2D eigenvalue weighted by Gasteiger charge is -2.15. The minimum Gasteiger partial charge on any atom is -0.480 e. The quantitative estimate of drug-likeness (QED) is 0.491. The van der Waals surface area contributed by atoms with E-state index in [0.29, 0.717) is 11.3 Å². The van der Waals surface area contributed by atoms with Crippen molar-refractivity contribution in [2.24, 2.45) is 0 Å². The third kappa shape index (κ3) is 3.60. The minimum absolute atomic E-state index is 0.0105. The summed E-state index contributed by atoms with van der Waals surface area (Å²) in [5, 5.41) is 22.3. The maximum Gasteiger partial charge on any atom is 0.327 e. The number of hydrogen-bond donors (Lipinski definition) is 2. The van der Waals surface area contributed by atoms with Crippen LogP contribution in [0.15, 0.2) is 12.1 Å². The first kappa shape index (κ1) is 14.8. The number of nitro benzene ring substituents is 1. The summed E-state index contributed by atoms with van der Waals surface area (Å²) < 4.78 is 0. The third-order valence-corrected chi connectivity index (χ3v) is 2.74. The molecule has 100 valence electrons. The summed E-state index contributed by atoms with van der Waals surface area (Å²) in [5.74, 6) is 1.14. The first-order valence-electron chi connectivity index (χ1n) is 5.24. The second-order valence-electron chi connectivity index (χ2n) is 3.82. The molecule has 0 aromatic heterocycles. The molecule has 0 aliphatic heterocycles. The lowest BCUT2D eigenvalue weighted by molar-refractivity contribution is -0.384. The van der Waals surface area contributed by atoms with Crippen LogP contribution in [0.25, 0.3) is 0 Å². The zero-order valence-electron chi connectivity index (χ0n) is 10.0. The van der Waals surface area contributed by atoms with Crippen molar-refractivity contribution in [3.8, 4) is 12.3 Å². The Kier molecular flexibility index (Phi) is 4.73. The molecule has 0 spiro atoms. The van der Waals surface area contributed by atoms with Gasteiger partial charge in [0.2, 0.25) is 0 Å². The van der Waals surface area contributed by atoms with Crippen molar-refractivity contribution in [3.05, 3.63) is 32.8 Å². The van der Waals surface area contributed by atoms with Crippen molar-refractivity contribution in [3.63, 3.8) is 0 Å². The number of benzene rings is 1. The van der Waals surface area contributed by atoms with Gasteiger partial charge >= 0.3 is 5.97 Å². The number of nitro groups is 1. The van der Waals surface area contributed by atoms with E-state index in [-0.39, 0.29) is 17.1 Å². The SMILES string of the molecule is C#CCC(Nc1cc(Cl)c([N+](=O)[O-])cc1C)C(=O)O. The molecule has 1 rings (SSSR count). The number of anilines is 1. The lowest BCUT2D eigenvalue weighted by atomic mass is 10.1. The molecule has 7 heteroatoms. The normalized spacial score (nSPS) is 11.4. The average Bonchev–Trinajstić information content (AvgIpc) is 2.32. The molecule has 0 saturated carbocycles. The Morgan fingerprint density at radius 1 is 1.68 bits per heavy atom. The number of aryl methyl sites for hydroxylation is 1. The molecule has 0 saturated heterocycles. The van der Waals surface area contributed by atoms with Gasteiger partial charge in [0.1, 0.15) is 11.1 Å². The first-order valence-corrected chi connectivity index (χ1v) is 5.62. The van der Waals surface area contributed by atoms with Crippen LogP contribution in [0.3, 0.4) is 0 Å². The molecule has 0 amide bonds. The summed E-state index contributed by atoms with van der Waals surface area (Å²) in [6.45, 7) is 1.61. The van der Waals surface area contributed by atoms with Gasteiger partial charge in [0.25, 0.3) is 5.69 Å². The fraction of sp³-hybridized carbons (Fsp3) is 0.250. The van der Waals surface area contributed by atoms with Crippen molar-refractivity contribution in [2.45, 2.75) is 19.4 Å². The van der Waals surface area contributed by atoms with E-state index in [4.69, 9.17) is 23.1 Å². The van der Waals surface area contributed by atoms with E-state index in [1.165, 1.54) is 12.1 Å². The molecule has 0 aliphatic carbocycles. The highest BCUT2D eigenvalue weighted by Gasteiger charge is 2.20. The Bertz CT molecular complexity index is 566. The van der Waals surface area contributed by atoms with E-state index in [1.54, 1.807) is 6.92 Å². The first-order chi connectivity index (χ1) is 8.86. The van der Waals surface area contributed by atoms with E-state index in [1.807, 2.05) is 0 Å². The van der Waals surface area contributed by atoms with Crippen LogP contribution in [0, 0.1) is 29.4 Å². The molecule has 0 heterocycles. The Morgan fingerprint density at radius 2 is 2.32 bits per heavy atom. The van der Waals surface area contributed by atoms with Crippen molar-refractivity contribution in [2.75, 3.05) is 5.32 Å². The fourth-order valence-corrected chi connectivity index (χ4v) is 1.70. The van der Waals surface area contributed by atoms with Gasteiger partial charge < -0.3 is 10.4 Å². The smallest absolute Gasteiger partial charge is 0.327 e. The number of rotatable bonds is 5. The summed E-state index contributed by atoms with van der Waals surface area (Å²) >= 11 is 5.77. The van der Waals surface area contributed by atoms with E-state index in [2.05, 4.69) is 11.2 Å². The number of carboxylic acid groups (broad SMARTS) is 1. The van der Waals surface area contributed by atoms with Gasteiger partial charge in [-0.1, -0.05) is 11.6 Å². The van der Waals surface area contributed by atoms with E-state index >= 15 is 0 Å². The molecule has 1 unspecified atom stereocenters. The van der Waals surface area contributed by atoms with Crippen LogP contribution in [0.1, 0.15) is 12.0 Å². The highest BCUT2D eigenvalue weighted by atomic mass is 35.5. The van der Waals surface area contributed by atoms with Gasteiger partial charge in [-0.05, 0) is 18.6 Å². The number of nitrogens with zero attached hydrogens (tertiary/aromatic N) is 1. The monoisotopic (exact) mass is 282 g/mol. The van der Waals surface area contributed by atoms with Gasteiger partial charge in [0, 0.05) is 18.2 Å². The lowest BCUT2D eigenvalue weighted by Crippen LogP contribution is -2.29. The molecule has 0 radical (unpaired) electrons. The third-order valence-electron chi connectivity index (χ3n) is 2.44. The van der Waals surface area contributed by atoms with Gasteiger partial charge in [-0.3, -0.25) is 10.1 Å². The van der Waals surface area contributed by atoms with E-state index < -0.39 is 16.9 Å². The predicted octanol–water partition coefficient (Wildman–Crippen LogP) is 2.45. The average molecular weight is 283 g/mol. The molecule has 1 aromatic carbocycles. The molecule has 0 fully saturated rings. The standard InChI is InChI=1S/C12H11ClN2O4/c1-3-4-9(12(16)17)14-10-6-8(13)11(15(18)19)5-7(10)2/h1,5-6,9,14H,4H2,2H3,(H,16,17). The Balaban J connectivity index is 3.09. The second-order valence-corrected chi connectivity index (χ2v) is 4.23. The van der Waals surface area contributed by atoms with Crippen LogP contribution < -0.4 is 5.32 Å². The summed E-state index contributed by atoms with van der Waals surface area (Å²) in [6.07, 6.45) is 5.07. The zero-order valence-corrected chi connectivity index (χ0v) is 10.8. The molecule has 6 nitrogen and oxygen atoms in total. The molecule has 0 bridgehead atoms. The van der Waals surface area contributed by atoms with Crippen molar-refractivity contribution < 1.29 is 14.8 Å². The van der Waals surface area contributed by atoms with Crippen molar-refractivity contribution >= 4 is 28.9 Å². The number of halogens is 1. The number of carbonyl (C=O) groups is 1. The second kappa shape index (κ2) is 6.07. The summed E-state index contributed by atoms with van der Waals surface area (Å²) in [5.41, 5.74) is 0.686. The van der Waals surface area contributed by atoms with Crippen molar-refractivity contribution in [1.29, 1.82) is 0 Å². The molecular weight excluding hydrogens is 272 g/mol. The molecular formula is C12H11ClN2O4. The van der Waals surface area contributed by atoms with E-state index in [9.17, 15) is 14.9 Å². The van der Waals surface area contributed by atoms with E-state index in [0.717, 1.165) is 0 Å². The number of aliphatic carboxylic acids is 1. The van der Waals surface area contributed by atoms with Crippen LogP contribution in [0.2, 0.25) is 5.02 Å². The molecule has 1 aromatic rings.